The number of benzene rings is 1. The molecule has 2 aromatic rings. The van der Waals surface area contributed by atoms with Crippen LogP contribution in [0.3, 0.4) is 0 Å². The maximum absolute atomic E-state index is 7.47. The Morgan fingerprint density at radius 1 is 1.40 bits per heavy atom. The van der Waals surface area contributed by atoms with Crippen LogP contribution in [0.5, 0.6) is 0 Å². The lowest BCUT2D eigenvalue weighted by atomic mass is 10.1. The molecule has 0 atom stereocenters. The first-order valence-corrected chi connectivity index (χ1v) is 6.64. The molecule has 0 saturated carbocycles. The summed E-state index contributed by atoms with van der Waals surface area (Å²) in [4.78, 5) is 2.26. The molecule has 106 valence electrons. The number of nitrogen functional groups attached to an aromatic ring is 1. The second-order valence-corrected chi connectivity index (χ2v) is 5.12. The van der Waals surface area contributed by atoms with Crippen LogP contribution >= 0.6 is 0 Å². The highest BCUT2D eigenvalue weighted by Crippen LogP contribution is 2.08. The van der Waals surface area contributed by atoms with Gasteiger partial charge >= 0.3 is 0 Å². The van der Waals surface area contributed by atoms with E-state index in [9.17, 15) is 0 Å². The lowest BCUT2D eigenvalue weighted by molar-refractivity contribution is 0.331. The average Bonchev–Trinajstić information content (AvgIpc) is 2.82. The fourth-order valence-corrected chi connectivity index (χ4v) is 2.15. The average molecular weight is 271 g/mol. The van der Waals surface area contributed by atoms with Crippen molar-refractivity contribution >= 4 is 5.84 Å². The fraction of sp³-hybridized carbons (Fsp3) is 0.333. The van der Waals surface area contributed by atoms with Crippen LogP contribution in [0.25, 0.3) is 0 Å². The Morgan fingerprint density at radius 2 is 2.20 bits per heavy atom. The smallest absolute Gasteiger partial charge is 0.122 e. The van der Waals surface area contributed by atoms with Crippen molar-refractivity contribution in [2.75, 3.05) is 13.6 Å². The van der Waals surface area contributed by atoms with E-state index in [1.165, 1.54) is 11.1 Å². The first kappa shape index (κ1) is 14.3. The molecule has 0 aliphatic rings. The van der Waals surface area contributed by atoms with Crippen molar-refractivity contribution in [3.05, 3.63) is 53.3 Å². The van der Waals surface area contributed by atoms with Gasteiger partial charge in [0.05, 0.1) is 6.20 Å². The van der Waals surface area contributed by atoms with Crippen LogP contribution in [0.4, 0.5) is 0 Å². The van der Waals surface area contributed by atoms with Crippen LogP contribution in [0, 0.1) is 5.41 Å². The lowest BCUT2D eigenvalue weighted by Gasteiger charge is -2.16. The molecule has 5 heteroatoms. The minimum Gasteiger partial charge on any atom is -0.384 e. The first-order valence-electron chi connectivity index (χ1n) is 6.64. The van der Waals surface area contributed by atoms with Crippen LogP contribution in [-0.2, 0) is 20.0 Å². The van der Waals surface area contributed by atoms with Crippen molar-refractivity contribution < 1.29 is 0 Å². The third-order valence-corrected chi connectivity index (χ3v) is 3.23. The predicted molar refractivity (Wildman–Crippen MR) is 80.7 cm³/mol. The van der Waals surface area contributed by atoms with Crippen molar-refractivity contribution in [1.82, 2.24) is 14.7 Å². The lowest BCUT2D eigenvalue weighted by Crippen LogP contribution is -2.21. The van der Waals surface area contributed by atoms with Crippen molar-refractivity contribution in [3.8, 4) is 0 Å². The van der Waals surface area contributed by atoms with Gasteiger partial charge in [0.15, 0.2) is 0 Å². The Hall–Kier alpha value is -2.14. The summed E-state index contributed by atoms with van der Waals surface area (Å²) in [5.74, 6) is 0.116. The zero-order valence-electron chi connectivity index (χ0n) is 12.0. The Balaban J connectivity index is 1.89. The van der Waals surface area contributed by atoms with Crippen LogP contribution in [0.15, 0.2) is 36.7 Å². The van der Waals surface area contributed by atoms with Crippen LogP contribution in [0.2, 0.25) is 0 Å². The second kappa shape index (κ2) is 6.34. The van der Waals surface area contributed by atoms with E-state index < -0.39 is 0 Å². The van der Waals surface area contributed by atoms with Gasteiger partial charge < -0.3 is 10.6 Å². The second-order valence-electron chi connectivity index (χ2n) is 5.12. The molecule has 20 heavy (non-hydrogen) atoms. The van der Waals surface area contributed by atoms with E-state index in [0.717, 1.165) is 25.1 Å². The molecular formula is C15H21N5. The standard InChI is InChI=1S/C15H21N5/c1-19(7-6-13-9-18-20(2)11-13)10-12-4-3-5-14(8-12)15(16)17/h3-5,8-9,11H,6-7,10H2,1-2H3,(H3,16,17). The number of likely N-dealkylation sites (N-methyl/N-ethyl adjacent to an activating group) is 1. The Morgan fingerprint density at radius 3 is 2.85 bits per heavy atom. The molecule has 0 aliphatic carbocycles. The van der Waals surface area contributed by atoms with Crippen LogP contribution in [0.1, 0.15) is 16.7 Å². The van der Waals surface area contributed by atoms with Gasteiger partial charge in [-0.3, -0.25) is 10.1 Å². The van der Waals surface area contributed by atoms with Crippen molar-refractivity contribution in [3.63, 3.8) is 0 Å². The van der Waals surface area contributed by atoms with Gasteiger partial charge in [0, 0.05) is 31.9 Å². The zero-order valence-corrected chi connectivity index (χ0v) is 12.0. The first-order chi connectivity index (χ1) is 9.54. The summed E-state index contributed by atoms with van der Waals surface area (Å²) < 4.78 is 1.83. The van der Waals surface area contributed by atoms with Gasteiger partial charge in [0.2, 0.25) is 0 Å². The van der Waals surface area contributed by atoms with E-state index >= 15 is 0 Å². The molecule has 1 heterocycles. The number of nitrogens with zero attached hydrogens (tertiary/aromatic N) is 3. The molecular weight excluding hydrogens is 250 g/mol. The van der Waals surface area contributed by atoms with E-state index in [1.54, 1.807) is 0 Å². The number of amidine groups is 1. The topological polar surface area (TPSA) is 70.9 Å². The van der Waals surface area contributed by atoms with E-state index in [4.69, 9.17) is 11.1 Å². The van der Waals surface area contributed by atoms with Gasteiger partial charge in [-0.05, 0) is 30.7 Å². The summed E-state index contributed by atoms with van der Waals surface area (Å²) >= 11 is 0. The van der Waals surface area contributed by atoms with E-state index in [1.807, 2.05) is 42.3 Å². The van der Waals surface area contributed by atoms with Crippen molar-refractivity contribution in [1.29, 1.82) is 5.41 Å². The maximum atomic E-state index is 7.47. The molecule has 1 aromatic carbocycles. The molecule has 0 aliphatic heterocycles. The highest BCUT2D eigenvalue weighted by atomic mass is 15.2. The van der Waals surface area contributed by atoms with E-state index in [2.05, 4.69) is 23.1 Å². The summed E-state index contributed by atoms with van der Waals surface area (Å²) in [6.07, 6.45) is 4.94. The minimum atomic E-state index is 0.116. The van der Waals surface area contributed by atoms with Crippen LogP contribution < -0.4 is 5.73 Å². The van der Waals surface area contributed by atoms with Gasteiger partial charge in [-0.2, -0.15) is 5.10 Å². The predicted octanol–water partition coefficient (Wildman–Crippen LogP) is 1.38. The van der Waals surface area contributed by atoms with Crippen molar-refractivity contribution in [2.45, 2.75) is 13.0 Å². The van der Waals surface area contributed by atoms with Crippen LogP contribution in [-0.4, -0.2) is 34.1 Å². The number of hydrogen-bond acceptors (Lipinski definition) is 3. The number of aryl methyl sites for hydroxylation is 1. The zero-order chi connectivity index (χ0) is 14.5. The Bertz CT molecular complexity index is 587. The summed E-state index contributed by atoms with van der Waals surface area (Å²) in [5.41, 5.74) is 8.71. The molecule has 0 bridgehead atoms. The third kappa shape index (κ3) is 3.93. The van der Waals surface area contributed by atoms with E-state index in [0.29, 0.717) is 0 Å². The highest BCUT2D eigenvalue weighted by molar-refractivity contribution is 5.95. The number of nitrogens with one attached hydrogen (secondary N) is 1. The highest BCUT2D eigenvalue weighted by Gasteiger charge is 2.04. The van der Waals surface area contributed by atoms with Gasteiger partial charge in [0.25, 0.3) is 0 Å². The molecule has 0 amide bonds. The molecule has 0 fully saturated rings. The van der Waals surface area contributed by atoms with Gasteiger partial charge in [-0.1, -0.05) is 18.2 Å². The monoisotopic (exact) mass is 271 g/mol. The van der Waals surface area contributed by atoms with Gasteiger partial charge in [0.1, 0.15) is 5.84 Å². The number of nitrogens with two attached hydrogens (primary N) is 1. The van der Waals surface area contributed by atoms with Gasteiger partial charge in [-0.25, -0.2) is 0 Å². The Labute approximate surface area is 119 Å². The van der Waals surface area contributed by atoms with Crippen molar-refractivity contribution in [2.24, 2.45) is 12.8 Å². The summed E-state index contributed by atoms with van der Waals surface area (Å²) in [5, 5.41) is 11.6. The third-order valence-electron chi connectivity index (χ3n) is 3.23. The summed E-state index contributed by atoms with van der Waals surface area (Å²) in [6.45, 7) is 1.82. The fourth-order valence-electron chi connectivity index (χ4n) is 2.15. The Kier molecular flexibility index (Phi) is 4.53. The minimum absolute atomic E-state index is 0.116. The molecule has 0 spiro atoms. The SMILES string of the molecule is CN(CCc1cnn(C)c1)Cc1cccc(C(=N)N)c1. The normalized spacial score (nSPS) is 10.9. The van der Waals surface area contributed by atoms with Gasteiger partial charge in [-0.15, -0.1) is 0 Å². The number of rotatable bonds is 6. The molecule has 1 aromatic heterocycles. The molecule has 5 nitrogen and oxygen atoms in total. The maximum Gasteiger partial charge on any atom is 0.122 e. The molecule has 2 rings (SSSR count). The molecule has 0 radical (unpaired) electrons. The molecule has 0 unspecified atom stereocenters. The van der Waals surface area contributed by atoms with E-state index in [-0.39, 0.29) is 5.84 Å². The molecule has 3 N–H and O–H groups in total. The number of hydrogen-bond donors (Lipinski definition) is 2. The summed E-state index contributed by atoms with van der Waals surface area (Å²) in [7, 11) is 4.03. The molecule has 0 saturated heterocycles. The largest absolute Gasteiger partial charge is 0.384 e. The quantitative estimate of drug-likeness (QED) is 0.616. The number of aromatic nitrogens is 2. The summed E-state index contributed by atoms with van der Waals surface area (Å²) in [6, 6.07) is 7.85.